The number of aliphatic carboxylic acids is 1. The zero-order valence-electron chi connectivity index (χ0n) is 11.8. The van der Waals surface area contributed by atoms with Gasteiger partial charge in [0.15, 0.2) is 18.1 Å². The Morgan fingerprint density at radius 3 is 2.67 bits per heavy atom. The van der Waals surface area contributed by atoms with Crippen molar-refractivity contribution in [1.82, 2.24) is 4.90 Å². The van der Waals surface area contributed by atoms with Crippen molar-refractivity contribution in [2.75, 3.05) is 27.3 Å². The number of benzene rings is 1. The molecule has 112 valence electrons. The van der Waals surface area contributed by atoms with Gasteiger partial charge in [0.1, 0.15) is 0 Å². The van der Waals surface area contributed by atoms with Crippen LogP contribution in [0.25, 0.3) is 0 Å². The number of carboxylic acids is 1. The number of rotatable bonds is 7. The Bertz CT molecular complexity index is 565. The topological polar surface area (TPSA) is 99.9 Å². The van der Waals surface area contributed by atoms with Crippen molar-refractivity contribution in [3.63, 3.8) is 0 Å². The second kappa shape index (κ2) is 7.75. The Labute approximate surface area is 122 Å². The van der Waals surface area contributed by atoms with Crippen LogP contribution in [-0.4, -0.2) is 49.2 Å². The highest BCUT2D eigenvalue weighted by Crippen LogP contribution is 2.27. The van der Waals surface area contributed by atoms with Crippen LogP contribution in [0.2, 0.25) is 0 Å². The van der Waals surface area contributed by atoms with Crippen molar-refractivity contribution in [2.24, 2.45) is 0 Å². The number of amides is 1. The molecule has 0 atom stereocenters. The minimum Gasteiger partial charge on any atom is -0.493 e. The molecule has 0 saturated heterocycles. The van der Waals surface area contributed by atoms with E-state index in [1.165, 1.54) is 25.1 Å². The van der Waals surface area contributed by atoms with E-state index in [0.29, 0.717) is 17.1 Å². The normalized spacial score (nSPS) is 9.57. The first kappa shape index (κ1) is 16.3. The molecule has 1 aromatic carbocycles. The summed E-state index contributed by atoms with van der Waals surface area (Å²) in [5.41, 5.74) is 0.420. The summed E-state index contributed by atoms with van der Waals surface area (Å²) in [4.78, 5) is 23.5. The molecule has 0 aliphatic rings. The summed E-state index contributed by atoms with van der Waals surface area (Å²) < 4.78 is 10.4. The lowest BCUT2D eigenvalue weighted by Gasteiger charge is -2.17. The molecule has 0 saturated carbocycles. The second-order valence-electron chi connectivity index (χ2n) is 4.23. The van der Waals surface area contributed by atoms with Gasteiger partial charge in [-0.15, -0.1) is 0 Å². The molecule has 1 aromatic rings. The van der Waals surface area contributed by atoms with E-state index in [0.717, 1.165) is 0 Å². The van der Waals surface area contributed by atoms with E-state index in [1.807, 2.05) is 6.07 Å². The Morgan fingerprint density at radius 1 is 1.38 bits per heavy atom. The van der Waals surface area contributed by atoms with E-state index in [1.54, 1.807) is 12.1 Å². The standard InChI is InChI=1S/C14H16N2O5/c1-16(6-5-14(18)19)13(17)9-21-11-4-3-10(8-15)7-12(11)20-2/h3-4,7H,5-6,9H2,1-2H3,(H,18,19). The van der Waals surface area contributed by atoms with Crippen molar-refractivity contribution in [3.05, 3.63) is 23.8 Å². The first-order valence-electron chi connectivity index (χ1n) is 6.14. The van der Waals surface area contributed by atoms with Gasteiger partial charge in [0, 0.05) is 19.7 Å². The number of carbonyl (C=O) groups is 2. The van der Waals surface area contributed by atoms with Crippen LogP contribution in [0.15, 0.2) is 18.2 Å². The molecule has 0 fully saturated rings. The number of carboxylic acid groups (broad SMARTS) is 1. The number of methoxy groups -OCH3 is 1. The van der Waals surface area contributed by atoms with Crippen LogP contribution in [0.4, 0.5) is 0 Å². The van der Waals surface area contributed by atoms with Gasteiger partial charge in [0.25, 0.3) is 5.91 Å². The molecule has 0 aromatic heterocycles. The van der Waals surface area contributed by atoms with Crippen LogP contribution < -0.4 is 9.47 Å². The summed E-state index contributed by atoms with van der Waals surface area (Å²) >= 11 is 0. The molecule has 0 unspecified atom stereocenters. The fourth-order valence-electron chi connectivity index (χ4n) is 1.49. The van der Waals surface area contributed by atoms with Gasteiger partial charge >= 0.3 is 5.97 Å². The van der Waals surface area contributed by atoms with Crippen LogP contribution in [0.5, 0.6) is 11.5 Å². The van der Waals surface area contributed by atoms with Gasteiger partial charge < -0.3 is 19.5 Å². The number of nitriles is 1. The molecule has 0 radical (unpaired) electrons. The molecule has 0 aliphatic heterocycles. The lowest BCUT2D eigenvalue weighted by Crippen LogP contribution is -2.33. The average molecular weight is 292 g/mol. The highest BCUT2D eigenvalue weighted by Gasteiger charge is 2.13. The van der Waals surface area contributed by atoms with Gasteiger partial charge in [-0.2, -0.15) is 5.26 Å². The zero-order valence-corrected chi connectivity index (χ0v) is 11.8. The SMILES string of the molecule is COc1cc(C#N)ccc1OCC(=O)N(C)CCC(=O)O. The second-order valence-corrected chi connectivity index (χ2v) is 4.23. The predicted octanol–water partition coefficient (Wildman–Crippen LogP) is 0.879. The summed E-state index contributed by atoms with van der Waals surface area (Å²) in [6, 6.07) is 6.58. The Morgan fingerprint density at radius 2 is 2.10 bits per heavy atom. The number of nitrogens with zero attached hydrogens (tertiary/aromatic N) is 2. The van der Waals surface area contributed by atoms with Gasteiger partial charge in [-0.1, -0.05) is 0 Å². The van der Waals surface area contributed by atoms with Crippen LogP contribution in [-0.2, 0) is 9.59 Å². The molecule has 0 spiro atoms. The van der Waals surface area contributed by atoms with Crippen molar-refractivity contribution >= 4 is 11.9 Å². The first-order valence-corrected chi connectivity index (χ1v) is 6.14. The minimum atomic E-state index is -0.968. The molecule has 1 N–H and O–H groups in total. The number of likely N-dealkylation sites (N-methyl/N-ethyl adjacent to an activating group) is 1. The lowest BCUT2D eigenvalue weighted by molar-refractivity contribution is -0.138. The largest absolute Gasteiger partial charge is 0.493 e. The molecule has 0 heterocycles. The van der Waals surface area contributed by atoms with Gasteiger partial charge in [0.05, 0.1) is 25.2 Å². The molecule has 1 amide bonds. The van der Waals surface area contributed by atoms with Gasteiger partial charge in [-0.25, -0.2) is 0 Å². The lowest BCUT2D eigenvalue weighted by atomic mass is 10.2. The number of ether oxygens (including phenoxy) is 2. The maximum absolute atomic E-state index is 11.8. The Balaban J connectivity index is 2.60. The summed E-state index contributed by atoms with van der Waals surface area (Å²) in [7, 11) is 2.94. The fraction of sp³-hybridized carbons (Fsp3) is 0.357. The van der Waals surface area contributed by atoms with Crippen molar-refractivity contribution in [2.45, 2.75) is 6.42 Å². The maximum Gasteiger partial charge on any atom is 0.305 e. The van der Waals surface area contributed by atoms with E-state index in [-0.39, 0.29) is 25.5 Å². The van der Waals surface area contributed by atoms with E-state index in [4.69, 9.17) is 19.8 Å². The van der Waals surface area contributed by atoms with Crippen molar-refractivity contribution in [3.8, 4) is 17.6 Å². The maximum atomic E-state index is 11.8. The molecule has 7 nitrogen and oxygen atoms in total. The zero-order chi connectivity index (χ0) is 15.8. The van der Waals surface area contributed by atoms with Crippen LogP contribution >= 0.6 is 0 Å². The number of hydrogen-bond acceptors (Lipinski definition) is 5. The quantitative estimate of drug-likeness (QED) is 0.800. The first-order chi connectivity index (χ1) is 9.97. The van der Waals surface area contributed by atoms with Crippen LogP contribution in [0, 0.1) is 11.3 Å². The number of carbonyl (C=O) groups excluding carboxylic acids is 1. The third-order valence-electron chi connectivity index (χ3n) is 2.73. The van der Waals surface area contributed by atoms with E-state index >= 15 is 0 Å². The monoisotopic (exact) mass is 292 g/mol. The molecule has 1 rings (SSSR count). The molecule has 21 heavy (non-hydrogen) atoms. The van der Waals surface area contributed by atoms with E-state index < -0.39 is 5.97 Å². The van der Waals surface area contributed by atoms with Gasteiger partial charge in [-0.05, 0) is 12.1 Å². The third-order valence-corrected chi connectivity index (χ3v) is 2.73. The van der Waals surface area contributed by atoms with Gasteiger partial charge in [0.2, 0.25) is 0 Å². The van der Waals surface area contributed by atoms with Gasteiger partial charge in [-0.3, -0.25) is 9.59 Å². The highest BCUT2D eigenvalue weighted by molar-refractivity contribution is 5.78. The summed E-state index contributed by atoms with van der Waals surface area (Å²) in [5, 5.41) is 17.3. The Hall–Kier alpha value is -2.75. The molecule has 7 heteroatoms. The average Bonchev–Trinajstić information content (AvgIpc) is 2.49. The minimum absolute atomic E-state index is 0.113. The van der Waals surface area contributed by atoms with E-state index in [9.17, 15) is 9.59 Å². The van der Waals surface area contributed by atoms with Crippen LogP contribution in [0.1, 0.15) is 12.0 Å². The van der Waals surface area contributed by atoms with E-state index in [2.05, 4.69) is 0 Å². The summed E-state index contributed by atoms with van der Waals surface area (Å²) in [6.07, 6.45) is -0.123. The number of hydrogen-bond donors (Lipinski definition) is 1. The predicted molar refractivity (Wildman–Crippen MR) is 73.1 cm³/mol. The fourth-order valence-corrected chi connectivity index (χ4v) is 1.49. The molecule has 0 aliphatic carbocycles. The molecular weight excluding hydrogens is 276 g/mol. The summed E-state index contributed by atoms with van der Waals surface area (Å²) in [6.45, 7) is -0.125. The Kier molecular flexibility index (Phi) is 6.01. The molecule has 0 bridgehead atoms. The van der Waals surface area contributed by atoms with Crippen molar-refractivity contribution in [1.29, 1.82) is 5.26 Å². The third kappa shape index (κ3) is 5.03. The highest BCUT2D eigenvalue weighted by atomic mass is 16.5. The molecular formula is C14H16N2O5. The van der Waals surface area contributed by atoms with Crippen molar-refractivity contribution < 1.29 is 24.2 Å². The van der Waals surface area contributed by atoms with Crippen LogP contribution in [0.3, 0.4) is 0 Å². The summed E-state index contributed by atoms with van der Waals surface area (Å²) in [5.74, 6) is -0.612. The smallest absolute Gasteiger partial charge is 0.305 e.